The van der Waals surface area contributed by atoms with Crippen LogP contribution in [0.5, 0.6) is 5.75 Å². The number of hydrogen-bond donors (Lipinski definition) is 1. The summed E-state index contributed by atoms with van der Waals surface area (Å²) >= 11 is 0. The van der Waals surface area contributed by atoms with Crippen molar-refractivity contribution >= 4 is 5.91 Å². The van der Waals surface area contributed by atoms with Gasteiger partial charge in [-0.2, -0.15) is 0 Å². The lowest BCUT2D eigenvalue weighted by molar-refractivity contribution is -0.118. The molecule has 5 heteroatoms. The van der Waals surface area contributed by atoms with Gasteiger partial charge < -0.3 is 10.5 Å². The van der Waals surface area contributed by atoms with Gasteiger partial charge in [-0.05, 0) is 18.6 Å². The minimum Gasteiger partial charge on any atom is -0.489 e. The van der Waals surface area contributed by atoms with Crippen molar-refractivity contribution in [2.75, 3.05) is 19.6 Å². The lowest BCUT2D eigenvalue weighted by atomic mass is 10.3. The van der Waals surface area contributed by atoms with Gasteiger partial charge in [0.15, 0.2) is 0 Å². The second-order valence-corrected chi connectivity index (χ2v) is 4.19. The van der Waals surface area contributed by atoms with Crippen LogP contribution in [0.2, 0.25) is 0 Å². The van der Waals surface area contributed by atoms with E-state index in [1.54, 1.807) is 12.1 Å². The monoisotopic (exact) mass is 238 g/mol. The Balaban J connectivity index is 1.87. The minimum atomic E-state index is -0.337. The van der Waals surface area contributed by atoms with E-state index in [0.717, 1.165) is 13.0 Å². The van der Waals surface area contributed by atoms with Crippen molar-refractivity contribution in [3.05, 3.63) is 30.1 Å². The van der Waals surface area contributed by atoms with Crippen molar-refractivity contribution < 1.29 is 13.9 Å². The van der Waals surface area contributed by atoms with E-state index in [2.05, 4.69) is 0 Å². The van der Waals surface area contributed by atoms with Crippen LogP contribution in [0.4, 0.5) is 4.39 Å². The summed E-state index contributed by atoms with van der Waals surface area (Å²) in [5, 5.41) is 0. The van der Waals surface area contributed by atoms with Gasteiger partial charge in [0.05, 0.1) is 6.54 Å². The highest BCUT2D eigenvalue weighted by Gasteiger charge is 2.24. The predicted octanol–water partition coefficient (Wildman–Crippen LogP) is 0.764. The molecule has 0 radical (unpaired) electrons. The number of nitrogens with zero attached hydrogens (tertiary/aromatic N) is 1. The topological polar surface area (TPSA) is 55.6 Å². The number of halogens is 1. The Kier molecular flexibility index (Phi) is 3.58. The van der Waals surface area contributed by atoms with Crippen LogP contribution >= 0.6 is 0 Å². The Hall–Kier alpha value is -1.62. The minimum absolute atomic E-state index is 0.00356. The fraction of sp³-hybridized carbons (Fsp3) is 0.417. The molecule has 17 heavy (non-hydrogen) atoms. The zero-order valence-corrected chi connectivity index (χ0v) is 9.43. The van der Waals surface area contributed by atoms with Gasteiger partial charge in [-0.3, -0.25) is 9.69 Å². The maximum absolute atomic E-state index is 12.9. The van der Waals surface area contributed by atoms with Crippen molar-refractivity contribution in [3.8, 4) is 5.75 Å². The summed E-state index contributed by atoms with van der Waals surface area (Å²) in [5.41, 5.74) is 5.12. The van der Waals surface area contributed by atoms with Gasteiger partial charge in [0.2, 0.25) is 5.91 Å². The third-order valence-electron chi connectivity index (χ3n) is 2.71. The number of likely N-dealkylation sites (tertiary alicyclic amines) is 1. The third kappa shape index (κ3) is 3.42. The second-order valence-electron chi connectivity index (χ2n) is 4.19. The van der Waals surface area contributed by atoms with Crippen LogP contribution in [0.15, 0.2) is 24.3 Å². The van der Waals surface area contributed by atoms with Crippen LogP contribution in [0.25, 0.3) is 0 Å². The molecule has 1 aromatic rings. The van der Waals surface area contributed by atoms with E-state index in [9.17, 15) is 9.18 Å². The normalized spacial score (nSPS) is 20.4. The average Bonchev–Trinajstić information content (AvgIpc) is 2.64. The van der Waals surface area contributed by atoms with Gasteiger partial charge in [-0.1, -0.05) is 6.07 Å². The zero-order chi connectivity index (χ0) is 12.3. The number of benzene rings is 1. The molecule has 0 saturated carbocycles. The van der Waals surface area contributed by atoms with Crippen molar-refractivity contribution in [1.82, 2.24) is 4.90 Å². The molecule has 1 fully saturated rings. The molecular weight excluding hydrogens is 223 g/mol. The maximum atomic E-state index is 12.9. The molecule has 1 atom stereocenters. The number of amides is 1. The number of carbonyl (C=O) groups is 1. The maximum Gasteiger partial charge on any atom is 0.231 e. The average molecular weight is 238 g/mol. The number of ether oxygens (including phenoxy) is 1. The highest BCUT2D eigenvalue weighted by molar-refractivity contribution is 5.75. The van der Waals surface area contributed by atoms with Gasteiger partial charge in [0.25, 0.3) is 0 Å². The molecule has 0 aliphatic carbocycles. The van der Waals surface area contributed by atoms with E-state index in [1.165, 1.54) is 12.1 Å². The van der Waals surface area contributed by atoms with Crippen LogP contribution < -0.4 is 10.5 Å². The molecule has 2 rings (SSSR count). The lowest BCUT2D eigenvalue weighted by Gasteiger charge is -2.15. The molecule has 4 nitrogen and oxygen atoms in total. The molecule has 1 aliphatic rings. The van der Waals surface area contributed by atoms with E-state index in [1.807, 2.05) is 4.90 Å². The van der Waals surface area contributed by atoms with E-state index in [0.29, 0.717) is 12.3 Å². The Morgan fingerprint density at radius 3 is 3.12 bits per heavy atom. The Labute approximate surface area is 99.2 Å². The van der Waals surface area contributed by atoms with Crippen LogP contribution in [-0.4, -0.2) is 36.5 Å². The molecular formula is C12H15FN2O2. The number of primary amides is 1. The van der Waals surface area contributed by atoms with Crippen LogP contribution in [0, 0.1) is 5.82 Å². The van der Waals surface area contributed by atoms with E-state index < -0.39 is 0 Å². The summed E-state index contributed by atoms with van der Waals surface area (Å²) in [6.45, 7) is 1.69. The predicted molar refractivity (Wildman–Crippen MR) is 61.1 cm³/mol. The smallest absolute Gasteiger partial charge is 0.231 e. The number of hydrogen-bond acceptors (Lipinski definition) is 3. The summed E-state index contributed by atoms with van der Waals surface area (Å²) in [6, 6.07) is 6.07. The molecule has 2 N–H and O–H groups in total. The number of rotatable bonds is 4. The summed E-state index contributed by atoms with van der Waals surface area (Å²) in [7, 11) is 0. The first-order chi connectivity index (χ1) is 8.13. The molecule has 1 amide bonds. The van der Waals surface area contributed by atoms with Gasteiger partial charge in [0.1, 0.15) is 17.7 Å². The van der Waals surface area contributed by atoms with Crippen LogP contribution in [0.3, 0.4) is 0 Å². The summed E-state index contributed by atoms with van der Waals surface area (Å²) < 4.78 is 18.6. The van der Waals surface area contributed by atoms with Crippen LogP contribution in [-0.2, 0) is 4.79 Å². The fourth-order valence-electron chi connectivity index (χ4n) is 1.99. The third-order valence-corrected chi connectivity index (χ3v) is 2.71. The fourth-order valence-corrected chi connectivity index (χ4v) is 1.99. The molecule has 0 aromatic heterocycles. The molecule has 0 spiro atoms. The lowest BCUT2D eigenvalue weighted by Crippen LogP contribution is -2.33. The molecule has 1 heterocycles. The number of nitrogens with two attached hydrogens (primary N) is 1. The first-order valence-corrected chi connectivity index (χ1v) is 5.56. The van der Waals surface area contributed by atoms with E-state index in [4.69, 9.17) is 10.5 Å². The quantitative estimate of drug-likeness (QED) is 0.842. The molecule has 1 saturated heterocycles. The standard InChI is InChI=1S/C12H15FN2O2/c13-9-2-1-3-10(6-9)17-11-4-5-15(7-11)8-12(14)16/h1-3,6,11H,4-5,7-8H2,(H2,14,16). The molecule has 92 valence electrons. The van der Waals surface area contributed by atoms with Crippen LogP contribution in [0.1, 0.15) is 6.42 Å². The van der Waals surface area contributed by atoms with Crippen molar-refractivity contribution in [3.63, 3.8) is 0 Å². The SMILES string of the molecule is NC(=O)CN1CCC(Oc2cccc(F)c2)C1. The van der Waals surface area contributed by atoms with Crippen molar-refractivity contribution in [2.24, 2.45) is 5.73 Å². The second kappa shape index (κ2) is 5.14. The Morgan fingerprint density at radius 2 is 2.41 bits per heavy atom. The molecule has 0 bridgehead atoms. The van der Waals surface area contributed by atoms with Gasteiger partial charge in [-0.25, -0.2) is 4.39 Å². The highest BCUT2D eigenvalue weighted by Crippen LogP contribution is 2.18. The molecule has 1 aromatic carbocycles. The Morgan fingerprint density at radius 1 is 1.59 bits per heavy atom. The number of carbonyl (C=O) groups excluding carboxylic acids is 1. The Bertz CT molecular complexity index is 411. The first kappa shape index (κ1) is 11.9. The van der Waals surface area contributed by atoms with E-state index in [-0.39, 0.29) is 24.4 Å². The van der Waals surface area contributed by atoms with Crippen molar-refractivity contribution in [2.45, 2.75) is 12.5 Å². The summed E-state index contributed by atoms with van der Waals surface area (Å²) in [5.74, 6) is -0.123. The molecule has 1 unspecified atom stereocenters. The largest absolute Gasteiger partial charge is 0.489 e. The van der Waals surface area contributed by atoms with Gasteiger partial charge >= 0.3 is 0 Å². The van der Waals surface area contributed by atoms with Gasteiger partial charge in [-0.15, -0.1) is 0 Å². The highest BCUT2D eigenvalue weighted by atomic mass is 19.1. The molecule has 1 aliphatic heterocycles. The summed E-state index contributed by atoms with van der Waals surface area (Å²) in [6.07, 6.45) is 0.820. The van der Waals surface area contributed by atoms with Crippen molar-refractivity contribution in [1.29, 1.82) is 0 Å². The first-order valence-electron chi connectivity index (χ1n) is 5.56. The zero-order valence-electron chi connectivity index (χ0n) is 9.43. The van der Waals surface area contributed by atoms with Gasteiger partial charge in [0, 0.05) is 19.2 Å². The van der Waals surface area contributed by atoms with E-state index >= 15 is 0 Å². The summed E-state index contributed by atoms with van der Waals surface area (Å²) in [4.78, 5) is 12.7.